The molecule has 0 atom stereocenters. The Hall–Kier alpha value is -3.28. The Balaban J connectivity index is 1.77. The Bertz CT molecular complexity index is 1250. The van der Waals surface area contributed by atoms with Crippen LogP contribution in [0.15, 0.2) is 119 Å². The summed E-state index contributed by atoms with van der Waals surface area (Å²) in [5, 5.41) is 3.76. The lowest BCUT2D eigenvalue weighted by molar-refractivity contribution is 0.103. The molecule has 5 rings (SSSR count). The van der Waals surface area contributed by atoms with Gasteiger partial charge in [0.25, 0.3) is 0 Å². The van der Waals surface area contributed by atoms with Gasteiger partial charge in [-0.1, -0.05) is 91.0 Å². The van der Waals surface area contributed by atoms with E-state index in [1.165, 1.54) is 11.3 Å². The molecule has 0 spiro atoms. The van der Waals surface area contributed by atoms with Crippen LogP contribution in [0.1, 0.15) is 32.7 Å². The van der Waals surface area contributed by atoms with Crippen LogP contribution < -0.4 is 0 Å². The van der Waals surface area contributed by atoms with E-state index in [2.05, 4.69) is 61.9 Å². The zero-order valence-corrected chi connectivity index (χ0v) is 19.5. The van der Waals surface area contributed by atoms with Gasteiger partial charge in [0.2, 0.25) is 5.78 Å². The highest BCUT2D eigenvalue weighted by atomic mass is 79.9. The number of benzene rings is 3. The molecule has 3 nitrogen and oxygen atoms in total. The van der Waals surface area contributed by atoms with Gasteiger partial charge in [0, 0.05) is 27.0 Å². The lowest BCUT2D eigenvalue weighted by Crippen LogP contribution is -2.37. The molecule has 32 heavy (non-hydrogen) atoms. The summed E-state index contributed by atoms with van der Waals surface area (Å²) in [5.74, 6) is -0.0973. The highest BCUT2D eigenvalue weighted by Gasteiger charge is 2.38. The molecule has 0 bridgehead atoms. The van der Waals surface area contributed by atoms with Crippen LogP contribution in [0.2, 0.25) is 0 Å². The van der Waals surface area contributed by atoms with Crippen LogP contribution in [0.25, 0.3) is 0 Å². The lowest BCUT2D eigenvalue weighted by atomic mass is 9.77. The summed E-state index contributed by atoms with van der Waals surface area (Å²) in [7, 11) is 0. The Morgan fingerprint density at radius 1 is 0.781 bits per heavy atom. The molecule has 2 aromatic heterocycles. The molecule has 0 saturated heterocycles. The van der Waals surface area contributed by atoms with E-state index in [-0.39, 0.29) is 5.78 Å². The van der Waals surface area contributed by atoms with Gasteiger partial charge in [-0.3, -0.25) is 4.79 Å². The summed E-state index contributed by atoms with van der Waals surface area (Å²) in [4.78, 5) is 17.7. The molecule has 5 heteroatoms. The SMILES string of the molecule is O=C(c1cn(C(c2ccccc2)(c2ccccc2)c2ccccc2)cn1)c1cscc1Br. The molecule has 0 fully saturated rings. The fourth-order valence-electron chi connectivity index (χ4n) is 4.19. The van der Waals surface area contributed by atoms with Crippen molar-refractivity contribution < 1.29 is 4.79 Å². The Kier molecular flexibility index (Phi) is 5.60. The molecule has 2 heterocycles. The van der Waals surface area contributed by atoms with Crippen molar-refractivity contribution in [2.24, 2.45) is 0 Å². The van der Waals surface area contributed by atoms with E-state index in [9.17, 15) is 4.79 Å². The van der Waals surface area contributed by atoms with Crippen LogP contribution in [0.3, 0.4) is 0 Å². The Morgan fingerprint density at radius 3 is 1.72 bits per heavy atom. The molecule has 0 aliphatic rings. The zero-order valence-electron chi connectivity index (χ0n) is 17.1. The van der Waals surface area contributed by atoms with Gasteiger partial charge < -0.3 is 4.57 Å². The van der Waals surface area contributed by atoms with E-state index < -0.39 is 5.54 Å². The van der Waals surface area contributed by atoms with E-state index in [1.54, 1.807) is 6.33 Å². The number of hydrogen-bond donors (Lipinski definition) is 0. The molecule has 0 N–H and O–H groups in total. The van der Waals surface area contributed by atoms with Gasteiger partial charge in [-0.2, -0.15) is 11.3 Å². The number of imidazole rings is 1. The second-order valence-corrected chi connectivity index (χ2v) is 9.04. The van der Waals surface area contributed by atoms with Crippen molar-refractivity contribution in [1.29, 1.82) is 0 Å². The largest absolute Gasteiger partial charge is 0.318 e. The number of carbonyl (C=O) groups excluding carboxylic acids is 1. The number of hydrogen-bond acceptors (Lipinski definition) is 3. The summed E-state index contributed by atoms with van der Waals surface area (Å²) >= 11 is 4.97. The Morgan fingerprint density at radius 2 is 1.28 bits per heavy atom. The number of rotatable bonds is 6. The minimum atomic E-state index is -0.679. The van der Waals surface area contributed by atoms with E-state index in [1.807, 2.05) is 71.6 Å². The molecular formula is C27H19BrN2OS. The van der Waals surface area contributed by atoms with Gasteiger partial charge >= 0.3 is 0 Å². The fourth-order valence-corrected chi connectivity index (χ4v) is 5.64. The van der Waals surface area contributed by atoms with Gasteiger partial charge in [-0.25, -0.2) is 4.98 Å². The normalized spacial score (nSPS) is 11.4. The van der Waals surface area contributed by atoms with E-state index in [0.717, 1.165) is 21.2 Å². The predicted octanol–water partition coefficient (Wildman–Crippen LogP) is 6.78. The minimum absolute atomic E-state index is 0.0973. The number of ketones is 1. The molecule has 0 saturated carbocycles. The molecule has 3 aromatic carbocycles. The van der Waals surface area contributed by atoms with Crippen molar-refractivity contribution in [3.63, 3.8) is 0 Å². The van der Waals surface area contributed by atoms with Crippen molar-refractivity contribution in [3.05, 3.63) is 147 Å². The number of carbonyl (C=O) groups is 1. The van der Waals surface area contributed by atoms with Gasteiger partial charge in [0.1, 0.15) is 11.2 Å². The van der Waals surface area contributed by atoms with Crippen molar-refractivity contribution in [3.8, 4) is 0 Å². The second kappa shape index (κ2) is 8.69. The standard InChI is InChI=1S/C27H19BrN2OS/c28-24-18-32-17-23(24)26(31)25-16-30(19-29-25)27(20-10-4-1-5-11-20,21-12-6-2-7-13-21)22-14-8-3-9-15-22/h1-19H. The maximum Gasteiger partial charge on any atom is 0.214 e. The van der Waals surface area contributed by atoms with Crippen LogP contribution >= 0.6 is 27.3 Å². The monoisotopic (exact) mass is 498 g/mol. The molecule has 0 amide bonds. The molecule has 0 unspecified atom stereocenters. The lowest BCUT2D eigenvalue weighted by Gasteiger charge is -2.37. The smallest absolute Gasteiger partial charge is 0.214 e. The molecule has 5 aromatic rings. The number of thiophene rings is 1. The van der Waals surface area contributed by atoms with Gasteiger partial charge in [0.05, 0.1) is 6.33 Å². The summed E-state index contributed by atoms with van der Waals surface area (Å²) in [6, 6.07) is 31.0. The van der Waals surface area contributed by atoms with Crippen molar-refractivity contribution in [2.45, 2.75) is 5.54 Å². The molecule has 0 aliphatic heterocycles. The molecular weight excluding hydrogens is 480 g/mol. The summed E-state index contributed by atoms with van der Waals surface area (Å²) < 4.78 is 2.85. The van der Waals surface area contributed by atoms with Crippen LogP contribution in [0.4, 0.5) is 0 Å². The average molecular weight is 499 g/mol. The van der Waals surface area contributed by atoms with E-state index in [4.69, 9.17) is 0 Å². The van der Waals surface area contributed by atoms with E-state index in [0.29, 0.717) is 11.3 Å². The number of aromatic nitrogens is 2. The first-order valence-corrected chi connectivity index (χ1v) is 11.9. The maximum absolute atomic E-state index is 13.2. The third-order valence-electron chi connectivity index (χ3n) is 5.64. The van der Waals surface area contributed by atoms with Crippen LogP contribution in [0.5, 0.6) is 0 Å². The fraction of sp³-hybridized carbons (Fsp3) is 0.0370. The third-order valence-corrected chi connectivity index (χ3v) is 7.34. The number of nitrogens with zero attached hydrogens (tertiary/aromatic N) is 2. The summed E-state index contributed by atoms with van der Waals surface area (Å²) in [6.45, 7) is 0. The first kappa shape index (κ1) is 20.6. The van der Waals surface area contributed by atoms with Crippen molar-refractivity contribution in [1.82, 2.24) is 9.55 Å². The zero-order chi connectivity index (χ0) is 22.0. The van der Waals surface area contributed by atoms with E-state index >= 15 is 0 Å². The summed E-state index contributed by atoms with van der Waals surface area (Å²) in [6.07, 6.45) is 3.62. The van der Waals surface area contributed by atoms with Gasteiger partial charge in [-0.05, 0) is 32.6 Å². The minimum Gasteiger partial charge on any atom is -0.318 e. The first-order chi connectivity index (χ1) is 15.7. The van der Waals surface area contributed by atoms with Crippen molar-refractivity contribution in [2.75, 3.05) is 0 Å². The molecule has 0 aliphatic carbocycles. The summed E-state index contributed by atoms with van der Waals surface area (Å²) in [5.41, 5.74) is 3.63. The highest BCUT2D eigenvalue weighted by Crippen LogP contribution is 2.41. The van der Waals surface area contributed by atoms with Crippen LogP contribution in [-0.2, 0) is 5.54 Å². The number of halogens is 1. The predicted molar refractivity (Wildman–Crippen MR) is 132 cm³/mol. The van der Waals surface area contributed by atoms with Gasteiger partial charge in [-0.15, -0.1) is 0 Å². The third kappa shape index (κ3) is 3.44. The average Bonchev–Trinajstić information content (AvgIpc) is 3.51. The Labute approximate surface area is 199 Å². The van der Waals surface area contributed by atoms with Gasteiger partial charge in [0.15, 0.2) is 0 Å². The van der Waals surface area contributed by atoms with Crippen molar-refractivity contribution >= 4 is 33.0 Å². The molecule has 156 valence electrons. The molecule has 0 radical (unpaired) electrons. The van der Waals surface area contributed by atoms with Crippen LogP contribution in [-0.4, -0.2) is 15.3 Å². The topological polar surface area (TPSA) is 34.9 Å². The van der Waals surface area contributed by atoms with Crippen LogP contribution in [0, 0.1) is 0 Å². The highest BCUT2D eigenvalue weighted by molar-refractivity contribution is 9.10. The quantitative estimate of drug-likeness (QED) is 0.191. The first-order valence-electron chi connectivity index (χ1n) is 10.2. The second-order valence-electron chi connectivity index (χ2n) is 7.44. The maximum atomic E-state index is 13.2.